The molecule has 0 saturated heterocycles. The summed E-state index contributed by atoms with van der Waals surface area (Å²) < 4.78 is 53.6. The van der Waals surface area contributed by atoms with Crippen molar-refractivity contribution in [2.45, 2.75) is 12.8 Å². The Bertz CT molecular complexity index is 1100. The second-order valence-electron chi connectivity index (χ2n) is 10.3. The Morgan fingerprint density at radius 3 is 1.14 bits per heavy atom. The summed E-state index contributed by atoms with van der Waals surface area (Å²) in [5.41, 5.74) is 0.859. The highest BCUT2D eigenvalue weighted by Gasteiger charge is 2.34. The first-order valence-electron chi connectivity index (χ1n) is 16.5. The van der Waals surface area contributed by atoms with Crippen molar-refractivity contribution in [3.05, 3.63) is 35.4 Å². The Kier molecular flexibility index (Phi) is 24.2. The average Bonchev–Trinajstić information content (AvgIpc) is 3.36. The van der Waals surface area contributed by atoms with E-state index in [0.29, 0.717) is 117 Å². The fraction of sp³-hybridized carbons (Fsp3) is 0.667. The van der Waals surface area contributed by atoms with Crippen molar-refractivity contribution in [2.75, 3.05) is 132 Å². The molecule has 0 aliphatic carbocycles. The standard InChI is InChI=1S/C33H49NO16/c35-29(33(39)40)5-6-30(36)50-26-25-49-24-23-48-22-21-47-20-19-46-18-17-45-16-15-44-14-13-43-12-11-42-10-9-41-8-7-34-31(37)27-3-1-2-4-28(27)32(34)38/h1-4H,5-26H2,(H,39,40). The maximum absolute atomic E-state index is 12.3. The summed E-state index contributed by atoms with van der Waals surface area (Å²) in [5.74, 6) is -3.84. The summed E-state index contributed by atoms with van der Waals surface area (Å²) in [5, 5.41) is 8.44. The van der Waals surface area contributed by atoms with E-state index in [1.165, 1.54) is 4.90 Å². The zero-order valence-electron chi connectivity index (χ0n) is 28.4. The number of Topliss-reactive ketones (excluding diaryl/α,β-unsaturated/α-hetero) is 1. The molecule has 0 radical (unpaired) electrons. The number of esters is 1. The van der Waals surface area contributed by atoms with Gasteiger partial charge in [-0.3, -0.25) is 24.1 Å². The zero-order valence-corrected chi connectivity index (χ0v) is 28.4. The molecule has 282 valence electrons. The van der Waals surface area contributed by atoms with Gasteiger partial charge in [0.1, 0.15) is 6.61 Å². The lowest BCUT2D eigenvalue weighted by Gasteiger charge is -2.13. The summed E-state index contributed by atoms with van der Waals surface area (Å²) in [7, 11) is 0. The summed E-state index contributed by atoms with van der Waals surface area (Å²) in [6, 6.07) is 6.77. The normalized spacial score (nSPS) is 12.4. The topological polar surface area (TPSA) is 201 Å². The number of carboxylic acid groups (broad SMARTS) is 1. The number of rotatable bonds is 34. The van der Waals surface area contributed by atoms with Crippen LogP contribution in [0.25, 0.3) is 0 Å². The quantitative estimate of drug-likeness (QED) is 0.0445. The van der Waals surface area contributed by atoms with E-state index in [9.17, 15) is 24.0 Å². The number of aliphatic carboxylic acids is 1. The molecule has 1 aromatic carbocycles. The third-order valence-corrected chi connectivity index (χ3v) is 6.60. The molecular formula is C33H49NO16. The number of carboxylic acids is 1. The van der Waals surface area contributed by atoms with E-state index in [2.05, 4.69) is 0 Å². The zero-order chi connectivity index (χ0) is 36.1. The van der Waals surface area contributed by atoms with Gasteiger partial charge in [0.25, 0.3) is 11.8 Å². The molecule has 1 aliphatic heterocycles. The van der Waals surface area contributed by atoms with Gasteiger partial charge in [-0.2, -0.15) is 0 Å². The molecule has 0 bridgehead atoms. The second-order valence-corrected chi connectivity index (χ2v) is 10.3. The minimum atomic E-state index is -1.57. The molecule has 2 amide bonds. The Morgan fingerprint density at radius 1 is 0.480 bits per heavy atom. The highest BCUT2D eigenvalue weighted by molar-refractivity contribution is 6.32. The number of hydrogen-bond acceptors (Lipinski definition) is 15. The molecule has 17 heteroatoms. The van der Waals surface area contributed by atoms with Crippen molar-refractivity contribution in [3.8, 4) is 0 Å². The fourth-order valence-corrected chi connectivity index (χ4v) is 4.07. The van der Waals surface area contributed by atoms with E-state index in [1.54, 1.807) is 24.3 Å². The molecule has 0 aromatic heterocycles. The Balaban J connectivity index is 1.19. The van der Waals surface area contributed by atoms with Crippen LogP contribution in [0.15, 0.2) is 24.3 Å². The van der Waals surface area contributed by atoms with E-state index >= 15 is 0 Å². The Morgan fingerprint density at radius 2 is 0.800 bits per heavy atom. The first kappa shape index (κ1) is 42.8. The summed E-state index contributed by atoms with van der Waals surface area (Å²) >= 11 is 0. The number of carbonyl (C=O) groups excluding carboxylic acids is 4. The van der Waals surface area contributed by atoms with Crippen LogP contribution < -0.4 is 0 Å². The van der Waals surface area contributed by atoms with E-state index in [1.807, 2.05) is 0 Å². The molecule has 1 heterocycles. The molecule has 0 spiro atoms. The summed E-state index contributed by atoms with van der Waals surface area (Å²) in [4.78, 5) is 58.4. The van der Waals surface area contributed by atoms with Gasteiger partial charge in [-0.1, -0.05) is 12.1 Å². The van der Waals surface area contributed by atoms with Gasteiger partial charge in [0.2, 0.25) is 5.78 Å². The molecule has 1 aliphatic rings. The minimum absolute atomic E-state index is 0.00528. The molecular weight excluding hydrogens is 666 g/mol. The van der Waals surface area contributed by atoms with E-state index < -0.39 is 24.1 Å². The number of fused-ring (bicyclic) bond motifs is 1. The molecule has 1 aromatic rings. The predicted octanol–water partition coefficient (Wildman–Crippen LogP) is 0.409. The number of carbonyl (C=O) groups is 5. The van der Waals surface area contributed by atoms with Gasteiger partial charge in [0, 0.05) is 6.42 Å². The summed E-state index contributed by atoms with van der Waals surface area (Å²) in [6.45, 7) is 7.11. The van der Waals surface area contributed by atoms with Gasteiger partial charge in [-0.25, -0.2) is 4.79 Å². The van der Waals surface area contributed by atoms with Gasteiger partial charge >= 0.3 is 11.9 Å². The van der Waals surface area contributed by atoms with Crippen LogP contribution in [-0.2, 0) is 61.8 Å². The molecule has 50 heavy (non-hydrogen) atoms. The third kappa shape index (κ3) is 19.7. The predicted molar refractivity (Wildman–Crippen MR) is 172 cm³/mol. The van der Waals surface area contributed by atoms with Gasteiger partial charge in [-0.15, -0.1) is 0 Å². The van der Waals surface area contributed by atoms with Crippen molar-refractivity contribution in [1.29, 1.82) is 0 Å². The first-order valence-corrected chi connectivity index (χ1v) is 16.5. The highest BCUT2D eigenvalue weighted by Crippen LogP contribution is 2.21. The lowest BCUT2D eigenvalue weighted by Crippen LogP contribution is -2.33. The molecule has 1 N–H and O–H groups in total. The molecule has 0 unspecified atom stereocenters. The molecule has 0 atom stereocenters. The molecule has 0 fully saturated rings. The van der Waals surface area contributed by atoms with Crippen LogP contribution in [0.1, 0.15) is 33.6 Å². The maximum atomic E-state index is 12.3. The van der Waals surface area contributed by atoms with Gasteiger partial charge in [-0.05, 0) is 12.1 Å². The number of ketones is 1. The minimum Gasteiger partial charge on any atom is -0.476 e. The van der Waals surface area contributed by atoms with Crippen molar-refractivity contribution >= 4 is 29.5 Å². The summed E-state index contributed by atoms with van der Waals surface area (Å²) in [6.07, 6.45) is -0.674. The largest absolute Gasteiger partial charge is 0.476 e. The first-order chi connectivity index (χ1) is 24.4. The van der Waals surface area contributed by atoms with Crippen LogP contribution in [0.4, 0.5) is 0 Å². The molecule has 2 rings (SSSR count). The van der Waals surface area contributed by atoms with Crippen LogP contribution in [0.3, 0.4) is 0 Å². The number of benzene rings is 1. The third-order valence-electron chi connectivity index (χ3n) is 6.60. The maximum Gasteiger partial charge on any atom is 0.372 e. The number of ether oxygens (including phenoxy) is 10. The molecule has 0 saturated carbocycles. The van der Waals surface area contributed by atoms with Gasteiger partial charge in [0.05, 0.1) is 143 Å². The van der Waals surface area contributed by atoms with Crippen molar-refractivity contribution in [3.63, 3.8) is 0 Å². The lowest BCUT2D eigenvalue weighted by atomic mass is 10.1. The number of nitrogens with zero attached hydrogens (tertiary/aromatic N) is 1. The van der Waals surface area contributed by atoms with Gasteiger partial charge in [0.15, 0.2) is 0 Å². The number of hydrogen-bond donors (Lipinski definition) is 1. The lowest BCUT2D eigenvalue weighted by molar-refractivity contribution is -0.151. The van der Waals surface area contributed by atoms with E-state index in [0.717, 1.165) is 0 Å². The van der Waals surface area contributed by atoms with E-state index in [4.69, 9.17) is 52.5 Å². The van der Waals surface area contributed by atoms with Crippen molar-refractivity contribution in [1.82, 2.24) is 4.90 Å². The van der Waals surface area contributed by atoms with Crippen LogP contribution in [-0.4, -0.2) is 172 Å². The Labute approximate surface area is 291 Å². The van der Waals surface area contributed by atoms with Crippen LogP contribution in [0.5, 0.6) is 0 Å². The fourth-order valence-electron chi connectivity index (χ4n) is 4.07. The van der Waals surface area contributed by atoms with Crippen LogP contribution in [0, 0.1) is 0 Å². The van der Waals surface area contributed by atoms with Crippen molar-refractivity contribution < 1.29 is 76.4 Å². The van der Waals surface area contributed by atoms with E-state index in [-0.39, 0.29) is 44.6 Å². The Hall–Kier alpha value is -3.39. The molecule has 17 nitrogen and oxygen atoms in total. The van der Waals surface area contributed by atoms with Gasteiger partial charge < -0.3 is 52.5 Å². The SMILES string of the molecule is O=C(CCC(=O)C(=O)O)OCCOCCOCCOCCOCCOCCOCCOCCOCCOCCN1C(=O)c2ccccc2C1=O. The monoisotopic (exact) mass is 715 g/mol. The van der Waals surface area contributed by atoms with Crippen LogP contribution in [0.2, 0.25) is 0 Å². The average molecular weight is 716 g/mol. The number of imide groups is 1. The second kappa shape index (κ2) is 28.3. The van der Waals surface area contributed by atoms with Crippen molar-refractivity contribution in [2.24, 2.45) is 0 Å². The van der Waals surface area contributed by atoms with Crippen LogP contribution >= 0.6 is 0 Å². The number of amides is 2. The smallest absolute Gasteiger partial charge is 0.372 e. The highest BCUT2D eigenvalue weighted by atomic mass is 16.6.